The molecule has 0 N–H and O–H groups in total. The molecule has 0 bridgehead atoms. The highest BCUT2D eigenvalue weighted by atomic mass is 16.5. The molecule has 4 nitrogen and oxygen atoms in total. The molecular weight excluding hydrogens is 374 g/mol. The Morgan fingerprint density at radius 2 is 1.43 bits per heavy atom. The van der Waals surface area contributed by atoms with Gasteiger partial charge in [0.1, 0.15) is 5.75 Å². The molecule has 0 aromatic heterocycles. The Kier molecular flexibility index (Phi) is 6.91. The molecule has 4 heteroatoms. The SMILES string of the molecule is COc1ccccc1O/C=C(\C)C(=Nc1ccc(C)cc1)Oc1cc(C)cc(C)c1. The van der Waals surface area contributed by atoms with E-state index in [9.17, 15) is 0 Å². The summed E-state index contributed by atoms with van der Waals surface area (Å²) in [5.74, 6) is 2.50. The molecule has 0 heterocycles. The van der Waals surface area contributed by atoms with Crippen molar-refractivity contribution in [2.45, 2.75) is 27.7 Å². The minimum absolute atomic E-state index is 0.471. The lowest BCUT2D eigenvalue weighted by Crippen LogP contribution is -2.11. The number of ether oxygens (including phenoxy) is 3. The number of hydrogen-bond acceptors (Lipinski definition) is 4. The maximum Gasteiger partial charge on any atom is 0.225 e. The molecule has 3 aromatic rings. The summed E-state index contributed by atoms with van der Waals surface area (Å²) in [6.07, 6.45) is 1.63. The molecule has 0 spiro atoms. The van der Waals surface area contributed by atoms with Gasteiger partial charge in [-0.25, -0.2) is 4.99 Å². The fraction of sp³-hybridized carbons (Fsp3) is 0.192. The van der Waals surface area contributed by atoms with E-state index in [0.29, 0.717) is 17.4 Å². The quantitative estimate of drug-likeness (QED) is 0.262. The smallest absolute Gasteiger partial charge is 0.225 e. The Bertz CT molecular complexity index is 1050. The monoisotopic (exact) mass is 401 g/mol. The Labute approximate surface area is 178 Å². The second kappa shape index (κ2) is 9.79. The number of para-hydroxylation sites is 2. The van der Waals surface area contributed by atoms with Crippen LogP contribution in [-0.2, 0) is 0 Å². The van der Waals surface area contributed by atoms with Crippen molar-refractivity contribution in [2.24, 2.45) is 4.99 Å². The highest BCUT2D eigenvalue weighted by Gasteiger charge is 2.10. The Morgan fingerprint density at radius 3 is 2.07 bits per heavy atom. The van der Waals surface area contributed by atoms with E-state index in [1.807, 2.05) is 88.4 Å². The number of benzene rings is 3. The van der Waals surface area contributed by atoms with Crippen molar-refractivity contribution in [1.82, 2.24) is 0 Å². The van der Waals surface area contributed by atoms with Gasteiger partial charge in [-0.15, -0.1) is 0 Å². The lowest BCUT2D eigenvalue weighted by Gasteiger charge is -2.12. The first-order valence-corrected chi connectivity index (χ1v) is 9.83. The fourth-order valence-electron chi connectivity index (χ4n) is 2.95. The summed E-state index contributed by atoms with van der Waals surface area (Å²) in [5, 5.41) is 0. The minimum Gasteiger partial charge on any atom is -0.493 e. The maximum absolute atomic E-state index is 6.19. The molecule has 3 rings (SSSR count). The van der Waals surface area contributed by atoms with Gasteiger partial charge in [-0.3, -0.25) is 0 Å². The normalized spacial score (nSPS) is 11.9. The van der Waals surface area contributed by atoms with Gasteiger partial charge in [0, 0.05) is 5.57 Å². The van der Waals surface area contributed by atoms with Crippen LogP contribution in [-0.4, -0.2) is 13.0 Å². The number of hydrogen-bond donors (Lipinski definition) is 0. The molecule has 0 aliphatic carbocycles. The van der Waals surface area contributed by atoms with E-state index < -0.39 is 0 Å². The van der Waals surface area contributed by atoms with Gasteiger partial charge in [-0.05, 0) is 75.2 Å². The van der Waals surface area contributed by atoms with Gasteiger partial charge in [-0.1, -0.05) is 35.9 Å². The van der Waals surface area contributed by atoms with Gasteiger partial charge < -0.3 is 14.2 Å². The largest absolute Gasteiger partial charge is 0.493 e. The van der Waals surface area contributed by atoms with Crippen molar-refractivity contribution in [3.8, 4) is 17.2 Å². The molecule has 3 aromatic carbocycles. The first kappa shape index (κ1) is 21.2. The van der Waals surface area contributed by atoms with Crippen molar-refractivity contribution >= 4 is 11.6 Å². The zero-order valence-corrected chi connectivity index (χ0v) is 18.1. The lowest BCUT2D eigenvalue weighted by molar-refractivity contribution is 0.377. The average molecular weight is 402 g/mol. The van der Waals surface area contributed by atoms with E-state index in [-0.39, 0.29) is 0 Å². The van der Waals surface area contributed by atoms with Crippen LogP contribution in [0.25, 0.3) is 0 Å². The van der Waals surface area contributed by atoms with Crippen molar-refractivity contribution in [3.05, 3.63) is 95.3 Å². The fourth-order valence-corrected chi connectivity index (χ4v) is 2.95. The molecule has 0 unspecified atom stereocenters. The van der Waals surface area contributed by atoms with Crippen molar-refractivity contribution in [3.63, 3.8) is 0 Å². The number of aryl methyl sites for hydroxylation is 3. The summed E-state index contributed by atoms with van der Waals surface area (Å²) >= 11 is 0. The highest BCUT2D eigenvalue weighted by molar-refractivity contribution is 5.96. The predicted molar refractivity (Wildman–Crippen MR) is 122 cm³/mol. The Morgan fingerprint density at radius 1 is 0.800 bits per heavy atom. The van der Waals surface area contributed by atoms with Crippen LogP contribution >= 0.6 is 0 Å². The number of methoxy groups -OCH3 is 1. The molecule has 0 aliphatic rings. The van der Waals surface area contributed by atoms with Gasteiger partial charge >= 0.3 is 0 Å². The molecule has 154 valence electrons. The van der Waals surface area contributed by atoms with Crippen LogP contribution in [0.5, 0.6) is 17.2 Å². The Balaban J connectivity index is 1.94. The molecule has 0 atom stereocenters. The zero-order chi connectivity index (χ0) is 21.5. The van der Waals surface area contributed by atoms with Crippen molar-refractivity contribution < 1.29 is 14.2 Å². The lowest BCUT2D eigenvalue weighted by atomic mass is 10.1. The van der Waals surface area contributed by atoms with Crippen LogP contribution in [0.1, 0.15) is 23.6 Å². The van der Waals surface area contributed by atoms with Gasteiger partial charge in [0.05, 0.1) is 19.1 Å². The summed E-state index contributed by atoms with van der Waals surface area (Å²) in [4.78, 5) is 4.72. The first-order chi connectivity index (χ1) is 14.4. The second-order valence-electron chi connectivity index (χ2n) is 7.25. The summed E-state index contributed by atoms with van der Waals surface area (Å²) < 4.78 is 17.4. The van der Waals surface area contributed by atoms with E-state index in [2.05, 4.69) is 6.07 Å². The van der Waals surface area contributed by atoms with Gasteiger partial charge in [0.25, 0.3) is 0 Å². The third-order valence-electron chi connectivity index (χ3n) is 4.44. The van der Waals surface area contributed by atoms with Crippen LogP contribution < -0.4 is 14.2 Å². The van der Waals surface area contributed by atoms with Gasteiger partial charge in [0.2, 0.25) is 5.90 Å². The van der Waals surface area contributed by atoms with E-state index in [1.54, 1.807) is 13.4 Å². The second-order valence-corrected chi connectivity index (χ2v) is 7.25. The highest BCUT2D eigenvalue weighted by Crippen LogP contribution is 2.27. The minimum atomic E-state index is 0.471. The van der Waals surface area contributed by atoms with Crippen LogP contribution in [0, 0.1) is 20.8 Å². The van der Waals surface area contributed by atoms with Gasteiger partial charge in [0.15, 0.2) is 11.5 Å². The summed E-state index contributed by atoms with van der Waals surface area (Å²) in [7, 11) is 1.62. The number of aliphatic imine (C=N–C) groups is 1. The third-order valence-corrected chi connectivity index (χ3v) is 4.44. The molecule has 0 radical (unpaired) electrons. The number of rotatable bonds is 6. The van der Waals surface area contributed by atoms with Crippen LogP contribution in [0.2, 0.25) is 0 Å². The van der Waals surface area contributed by atoms with E-state index >= 15 is 0 Å². The maximum atomic E-state index is 6.19. The van der Waals surface area contributed by atoms with Crippen molar-refractivity contribution in [2.75, 3.05) is 7.11 Å². The summed E-state index contributed by atoms with van der Waals surface area (Å²) in [6.45, 7) is 8.05. The molecule has 0 amide bonds. The number of nitrogens with zero attached hydrogens (tertiary/aromatic N) is 1. The molecular formula is C26H27NO3. The van der Waals surface area contributed by atoms with Crippen LogP contribution in [0.15, 0.2) is 83.6 Å². The summed E-state index contributed by atoms with van der Waals surface area (Å²) in [5.41, 5.74) is 5.00. The zero-order valence-electron chi connectivity index (χ0n) is 18.1. The standard InChI is InChI=1S/C26H27NO3/c1-18-10-12-22(13-11-18)27-26(30-23-15-19(2)14-20(3)16-23)21(4)17-29-25-9-7-6-8-24(25)28-5/h6-17H,1-5H3/b21-17+,27-26?. The molecule has 0 fully saturated rings. The topological polar surface area (TPSA) is 40.0 Å². The molecule has 0 saturated heterocycles. The van der Waals surface area contributed by atoms with Crippen LogP contribution in [0.4, 0.5) is 5.69 Å². The van der Waals surface area contributed by atoms with E-state index in [4.69, 9.17) is 19.2 Å². The molecule has 0 saturated carbocycles. The van der Waals surface area contributed by atoms with Crippen molar-refractivity contribution in [1.29, 1.82) is 0 Å². The van der Waals surface area contributed by atoms with Gasteiger partial charge in [-0.2, -0.15) is 0 Å². The van der Waals surface area contributed by atoms with E-state index in [1.165, 1.54) is 5.56 Å². The first-order valence-electron chi connectivity index (χ1n) is 9.83. The Hall–Kier alpha value is -3.53. The predicted octanol–water partition coefficient (Wildman–Crippen LogP) is 6.71. The van der Waals surface area contributed by atoms with E-state index in [0.717, 1.165) is 28.1 Å². The molecule has 0 aliphatic heterocycles. The van der Waals surface area contributed by atoms with Crippen LogP contribution in [0.3, 0.4) is 0 Å². The summed E-state index contributed by atoms with van der Waals surface area (Å²) in [6, 6.07) is 21.6. The third kappa shape index (κ3) is 5.74. The average Bonchev–Trinajstić information content (AvgIpc) is 2.72. The molecule has 30 heavy (non-hydrogen) atoms.